The largest absolute Gasteiger partial charge is 0.349 e. The van der Waals surface area contributed by atoms with Gasteiger partial charge >= 0.3 is 0 Å². The third kappa shape index (κ3) is 4.12. The van der Waals surface area contributed by atoms with Crippen molar-refractivity contribution in [1.82, 2.24) is 25.1 Å². The summed E-state index contributed by atoms with van der Waals surface area (Å²) in [7, 11) is 0. The van der Waals surface area contributed by atoms with Crippen molar-refractivity contribution in [3.05, 3.63) is 72.7 Å². The van der Waals surface area contributed by atoms with Gasteiger partial charge in [-0.25, -0.2) is 14.6 Å². The van der Waals surface area contributed by atoms with Crippen molar-refractivity contribution in [3.63, 3.8) is 0 Å². The van der Waals surface area contributed by atoms with Gasteiger partial charge in [-0.05, 0) is 49.2 Å². The van der Waals surface area contributed by atoms with Crippen molar-refractivity contribution in [2.45, 2.75) is 38.1 Å². The number of carbonyl (C=O) groups excluding carboxylic acids is 1. The molecule has 156 valence electrons. The van der Waals surface area contributed by atoms with E-state index in [-0.39, 0.29) is 5.91 Å². The van der Waals surface area contributed by atoms with Crippen molar-refractivity contribution in [1.29, 1.82) is 0 Å². The molecule has 0 unspecified atom stereocenters. The molecular formula is C24H24N6O. The van der Waals surface area contributed by atoms with E-state index in [0.29, 0.717) is 17.4 Å². The third-order valence-corrected chi connectivity index (χ3v) is 5.72. The molecule has 7 nitrogen and oxygen atoms in total. The molecule has 0 radical (unpaired) electrons. The molecule has 31 heavy (non-hydrogen) atoms. The summed E-state index contributed by atoms with van der Waals surface area (Å²) in [5.74, 6) is 0.665. The van der Waals surface area contributed by atoms with E-state index in [1.165, 1.54) is 25.6 Å². The van der Waals surface area contributed by atoms with Gasteiger partial charge in [-0.15, -0.1) is 0 Å². The van der Waals surface area contributed by atoms with E-state index < -0.39 is 0 Å². The number of nitrogens with zero attached hydrogens (tertiary/aromatic N) is 4. The number of amides is 1. The zero-order chi connectivity index (χ0) is 21.0. The molecule has 0 bridgehead atoms. The summed E-state index contributed by atoms with van der Waals surface area (Å²) < 4.78 is 1.79. The molecule has 2 N–H and O–H groups in total. The van der Waals surface area contributed by atoms with Crippen LogP contribution >= 0.6 is 0 Å². The zero-order valence-corrected chi connectivity index (χ0v) is 17.2. The van der Waals surface area contributed by atoms with Gasteiger partial charge in [0, 0.05) is 17.3 Å². The summed E-state index contributed by atoms with van der Waals surface area (Å²) in [4.78, 5) is 21.3. The van der Waals surface area contributed by atoms with Gasteiger partial charge in [-0.1, -0.05) is 37.5 Å². The van der Waals surface area contributed by atoms with Crippen LogP contribution in [0.25, 0.3) is 16.7 Å². The number of hydrogen-bond acceptors (Lipinski definition) is 5. The van der Waals surface area contributed by atoms with E-state index in [1.54, 1.807) is 10.9 Å². The lowest BCUT2D eigenvalue weighted by Crippen LogP contribution is -2.36. The van der Waals surface area contributed by atoms with E-state index in [1.807, 2.05) is 54.6 Å². The van der Waals surface area contributed by atoms with Crippen LogP contribution in [0, 0.1) is 0 Å². The molecule has 2 aromatic heterocycles. The van der Waals surface area contributed by atoms with Crippen LogP contribution in [0.5, 0.6) is 0 Å². The van der Waals surface area contributed by atoms with Gasteiger partial charge in [-0.3, -0.25) is 4.79 Å². The Labute approximate surface area is 180 Å². The normalized spacial score (nSPS) is 14.5. The van der Waals surface area contributed by atoms with Crippen molar-refractivity contribution in [2.75, 3.05) is 5.32 Å². The monoisotopic (exact) mass is 412 g/mol. The molecule has 0 spiro atoms. The summed E-state index contributed by atoms with van der Waals surface area (Å²) in [6, 6.07) is 17.6. The SMILES string of the molecule is O=C(NC1CCCCC1)c1ccc(Nc2ncnc3c2cnn3-c2ccccc2)cc1. The van der Waals surface area contributed by atoms with Crippen LogP contribution in [0.15, 0.2) is 67.1 Å². The van der Waals surface area contributed by atoms with Crippen LogP contribution in [0.3, 0.4) is 0 Å². The van der Waals surface area contributed by atoms with E-state index in [4.69, 9.17) is 0 Å². The fourth-order valence-corrected chi connectivity index (χ4v) is 4.06. The van der Waals surface area contributed by atoms with Gasteiger partial charge in [0.15, 0.2) is 5.65 Å². The molecule has 1 fully saturated rings. The first kappa shape index (κ1) is 19.2. The van der Waals surface area contributed by atoms with Crippen LogP contribution in [0.4, 0.5) is 11.5 Å². The molecule has 2 heterocycles. The molecule has 1 saturated carbocycles. The number of benzene rings is 2. The quantitative estimate of drug-likeness (QED) is 0.500. The van der Waals surface area contributed by atoms with Crippen LogP contribution in [0.1, 0.15) is 42.5 Å². The van der Waals surface area contributed by atoms with E-state index in [2.05, 4.69) is 25.7 Å². The third-order valence-electron chi connectivity index (χ3n) is 5.72. The van der Waals surface area contributed by atoms with Gasteiger partial charge in [0.25, 0.3) is 5.91 Å². The van der Waals surface area contributed by atoms with Crippen LogP contribution in [0.2, 0.25) is 0 Å². The minimum atomic E-state index is -0.00739. The lowest BCUT2D eigenvalue weighted by molar-refractivity contribution is 0.0927. The summed E-state index contributed by atoms with van der Waals surface area (Å²) in [6.45, 7) is 0. The number of nitrogens with one attached hydrogen (secondary N) is 2. The first-order valence-electron chi connectivity index (χ1n) is 10.7. The minimum Gasteiger partial charge on any atom is -0.349 e. The zero-order valence-electron chi connectivity index (χ0n) is 17.2. The Bertz CT molecular complexity index is 1180. The Morgan fingerprint density at radius 1 is 0.935 bits per heavy atom. The molecule has 5 rings (SSSR count). The van der Waals surface area contributed by atoms with Crippen LogP contribution in [-0.2, 0) is 0 Å². The number of aromatic nitrogens is 4. The number of para-hydroxylation sites is 1. The van der Waals surface area contributed by atoms with Gasteiger partial charge in [0.2, 0.25) is 0 Å². The average Bonchev–Trinajstić information content (AvgIpc) is 3.26. The first-order chi connectivity index (χ1) is 15.3. The predicted molar refractivity (Wildman–Crippen MR) is 121 cm³/mol. The maximum absolute atomic E-state index is 12.5. The Morgan fingerprint density at radius 3 is 2.48 bits per heavy atom. The highest BCUT2D eigenvalue weighted by molar-refractivity contribution is 5.95. The Balaban J connectivity index is 1.33. The van der Waals surface area contributed by atoms with Crippen molar-refractivity contribution >= 4 is 28.4 Å². The second kappa shape index (κ2) is 8.55. The van der Waals surface area contributed by atoms with E-state index in [0.717, 1.165) is 35.2 Å². The number of fused-ring (bicyclic) bond motifs is 1. The van der Waals surface area contributed by atoms with Gasteiger partial charge < -0.3 is 10.6 Å². The van der Waals surface area contributed by atoms with E-state index in [9.17, 15) is 4.79 Å². The molecule has 1 aliphatic carbocycles. The summed E-state index contributed by atoms with van der Waals surface area (Å²) in [5, 5.41) is 11.8. The summed E-state index contributed by atoms with van der Waals surface area (Å²) >= 11 is 0. The number of hydrogen-bond donors (Lipinski definition) is 2. The molecule has 0 atom stereocenters. The maximum Gasteiger partial charge on any atom is 0.251 e. The highest BCUT2D eigenvalue weighted by atomic mass is 16.1. The van der Waals surface area contributed by atoms with Crippen molar-refractivity contribution < 1.29 is 4.79 Å². The number of rotatable bonds is 5. The Kier molecular flexibility index (Phi) is 5.31. The van der Waals surface area contributed by atoms with Gasteiger partial charge in [-0.2, -0.15) is 5.10 Å². The number of anilines is 2. The highest BCUT2D eigenvalue weighted by Gasteiger charge is 2.17. The molecule has 0 aliphatic heterocycles. The first-order valence-corrected chi connectivity index (χ1v) is 10.7. The minimum absolute atomic E-state index is 0.00739. The Morgan fingerprint density at radius 2 is 1.71 bits per heavy atom. The number of carbonyl (C=O) groups is 1. The molecule has 2 aromatic carbocycles. The average molecular weight is 412 g/mol. The summed E-state index contributed by atoms with van der Waals surface area (Å²) in [5.41, 5.74) is 3.19. The highest BCUT2D eigenvalue weighted by Crippen LogP contribution is 2.25. The molecule has 1 amide bonds. The van der Waals surface area contributed by atoms with Crippen LogP contribution in [-0.4, -0.2) is 31.7 Å². The lowest BCUT2D eigenvalue weighted by Gasteiger charge is -2.22. The fourth-order valence-electron chi connectivity index (χ4n) is 4.06. The van der Waals surface area contributed by atoms with Crippen molar-refractivity contribution in [2.24, 2.45) is 0 Å². The van der Waals surface area contributed by atoms with Gasteiger partial charge in [0.05, 0.1) is 17.3 Å². The molecule has 0 saturated heterocycles. The second-order valence-corrected chi connectivity index (χ2v) is 7.86. The molecule has 4 aromatic rings. The Hall–Kier alpha value is -3.74. The smallest absolute Gasteiger partial charge is 0.251 e. The van der Waals surface area contributed by atoms with E-state index >= 15 is 0 Å². The molecular weight excluding hydrogens is 388 g/mol. The van der Waals surface area contributed by atoms with Crippen LogP contribution < -0.4 is 10.6 Å². The second-order valence-electron chi connectivity index (χ2n) is 7.86. The standard InChI is InChI=1S/C24H24N6O/c31-24(29-18-7-3-1-4-8-18)17-11-13-19(14-12-17)28-22-21-15-27-30(23(21)26-16-25-22)20-9-5-2-6-10-20/h2,5-6,9-16,18H,1,3-4,7-8H2,(H,29,31)(H,25,26,28). The predicted octanol–water partition coefficient (Wildman–Crippen LogP) is 4.62. The lowest BCUT2D eigenvalue weighted by atomic mass is 9.95. The van der Waals surface area contributed by atoms with Gasteiger partial charge in [0.1, 0.15) is 12.1 Å². The fraction of sp³-hybridized carbons (Fsp3) is 0.250. The topological polar surface area (TPSA) is 84.7 Å². The summed E-state index contributed by atoms with van der Waals surface area (Å²) in [6.07, 6.45) is 9.10. The molecule has 7 heteroatoms. The molecule has 1 aliphatic rings. The van der Waals surface area contributed by atoms with Crippen molar-refractivity contribution in [3.8, 4) is 5.69 Å². The maximum atomic E-state index is 12.5.